The molecule has 2 nitrogen and oxygen atoms in total. The van der Waals surface area contributed by atoms with E-state index in [4.69, 9.17) is 0 Å². The van der Waals surface area contributed by atoms with Crippen LogP contribution in [-0.2, 0) is 0 Å². The lowest BCUT2D eigenvalue weighted by Gasteiger charge is -2.28. The summed E-state index contributed by atoms with van der Waals surface area (Å²) in [7, 11) is 0. The normalized spacial score (nSPS) is 13.1. The molecule has 2 heteroatoms. The zero-order chi connectivity index (χ0) is 14.3. The van der Waals surface area contributed by atoms with Crippen LogP contribution in [0.25, 0.3) is 0 Å². The molecule has 0 aromatic heterocycles. The Bertz CT molecular complexity index is 161. The van der Waals surface area contributed by atoms with Crippen LogP contribution in [0.4, 0.5) is 0 Å². The molecule has 1 atom stereocenters. The summed E-state index contributed by atoms with van der Waals surface area (Å²) in [6.45, 7) is 8.85. The molecule has 0 aromatic carbocycles. The number of hydrogen-bond acceptors (Lipinski definition) is 2. The minimum absolute atomic E-state index is 0.205. The topological polar surface area (TPSA) is 23.5 Å². The van der Waals surface area contributed by atoms with Gasteiger partial charge in [0.2, 0.25) is 0 Å². The van der Waals surface area contributed by atoms with Gasteiger partial charge in [0.15, 0.2) is 0 Å². The summed E-state index contributed by atoms with van der Waals surface area (Å²) < 4.78 is 0. The maximum absolute atomic E-state index is 10.3. The van der Waals surface area contributed by atoms with Crippen molar-refractivity contribution in [3.8, 4) is 0 Å². The summed E-state index contributed by atoms with van der Waals surface area (Å²) in [5.41, 5.74) is 0. The molecule has 0 aliphatic carbocycles. The summed E-state index contributed by atoms with van der Waals surface area (Å²) in [6, 6.07) is 0. The average Bonchev–Trinajstić information content (AvgIpc) is 2.43. The second kappa shape index (κ2) is 14.3. The monoisotopic (exact) mass is 271 g/mol. The van der Waals surface area contributed by atoms with E-state index in [1.165, 1.54) is 57.8 Å². The second-order valence-corrected chi connectivity index (χ2v) is 5.78. The summed E-state index contributed by atoms with van der Waals surface area (Å²) in [6.07, 6.45) is 13.4. The van der Waals surface area contributed by atoms with Crippen LogP contribution in [0.2, 0.25) is 0 Å². The van der Waals surface area contributed by atoms with Crippen LogP contribution in [0.5, 0.6) is 0 Å². The Morgan fingerprint density at radius 1 is 0.684 bits per heavy atom. The third-order valence-electron chi connectivity index (χ3n) is 3.84. The first-order valence-electron chi connectivity index (χ1n) is 8.68. The summed E-state index contributed by atoms with van der Waals surface area (Å²) in [4.78, 5) is 2.32. The van der Waals surface area contributed by atoms with Crippen LogP contribution in [0.3, 0.4) is 0 Å². The molecule has 0 saturated carbocycles. The first kappa shape index (κ1) is 18.9. The van der Waals surface area contributed by atoms with Crippen molar-refractivity contribution < 1.29 is 5.11 Å². The van der Waals surface area contributed by atoms with Crippen molar-refractivity contribution in [2.75, 3.05) is 13.1 Å². The van der Waals surface area contributed by atoms with E-state index >= 15 is 0 Å². The van der Waals surface area contributed by atoms with Crippen LogP contribution < -0.4 is 0 Å². The van der Waals surface area contributed by atoms with Crippen molar-refractivity contribution in [1.29, 1.82) is 0 Å². The van der Waals surface area contributed by atoms with E-state index in [1.807, 2.05) is 0 Å². The molecule has 0 fully saturated rings. The molecule has 0 rings (SSSR count). The van der Waals surface area contributed by atoms with Crippen LogP contribution in [0.15, 0.2) is 0 Å². The van der Waals surface area contributed by atoms with Crippen molar-refractivity contribution in [3.63, 3.8) is 0 Å². The summed E-state index contributed by atoms with van der Waals surface area (Å²) >= 11 is 0. The van der Waals surface area contributed by atoms with E-state index in [0.29, 0.717) is 0 Å². The first-order valence-corrected chi connectivity index (χ1v) is 8.68. The second-order valence-electron chi connectivity index (χ2n) is 5.78. The molecule has 19 heavy (non-hydrogen) atoms. The van der Waals surface area contributed by atoms with Gasteiger partial charge in [0, 0.05) is 13.1 Å². The van der Waals surface area contributed by atoms with Gasteiger partial charge in [0.25, 0.3) is 0 Å². The smallest absolute Gasteiger partial charge is 0.107 e. The number of rotatable bonds is 14. The van der Waals surface area contributed by atoms with Gasteiger partial charge < -0.3 is 5.11 Å². The zero-order valence-electron chi connectivity index (χ0n) is 13.7. The van der Waals surface area contributed by atoms with E-state index < -0.39 is 0 Å². The Morgan fingerprint density at radius 2 is 1.16 bits per heavy atom. The number of aliphatic hydroxyl groups is 1. The molecule has 0 heterocycles. The average molecular weight is 271 g/mol. The first-order chi connectivity index (χ1) is 9.26. The van der Waals surface area contributed by atoms with E-state index in [9.17, 15) is 5.11 Å². The predicted molar refractivity (Wildman–Crippen MR) is 85.4 cm³/mol. The van der Waals surface area contributed by atoms with Crippen molar-refractivity contribution >= 4 is 0 Å². The van der Waals surface area contributed by atoms with E-state index in [0.717, 1.165) is 25.9 Å². The van der Waals surface area contributed by atoms with Crippen LogP contribution >= 0.6 is 0 Å². The Balaban J connectivity index is 3.91. The molecule has 0 saturated heterocycles. The van der Waals surface area contributed by atoms with Gasteiger partial charge in [-0.1, -0.05) is 65.7 Å². The minimum atomic E-state index is -0.205. The molecule has 0 amide bonds. The van der Waals surface area contributed by atoms with Crippen molar-refractivity contribution in [2.45, 2.75) is 97.6 Å². The lowest BCUT2D eigenvalue weighted by atomic mass is 10.1. The predicted octanol–water partition coefficient (Wildman–Crippen LogP) is 4.96. The molecule has 0 aliphatic rings. The summed E-state index contributed by atoms with van der Waals surface area (Å²) in [5, 5.41) is 10.3. The molecule has 0 aromatic rings. The van der Waals surface area contributed by atoms with Crippen molar-refractivity contribution in [3.05, 3.63) is 0 Å². The highest BCUT2D eigenvalue weighted by atomic mass is 16.3. The lowest BCUT2D eigenvalue weighted by molar-refractivity contribution is -0.00591. The van der Waals surface area contributed by atoms with Gasteiger partial charge in [-0.2, -0.15) is 0 Å². The molecule has 0 radical (unpaired) electrons. The quantitative estimate of drug-likeness (QED) is 0.356. The lowest BCUT2D eigenvalue weighted by Crippen LogP contribution is -2.36. The minimum Gasteiger partial charge on any atom is -0.378 e. The van der Waals surface area contributed by atoms with Gasteiger partial charge in [0.1, 0.15) is 6.23 Å². The number of unbranched alkanes of at least 4 members (excludes halogenated alkanes) is 7. The highest BCUT2D eigenvalue weighted by Crippen LogP contribution is 2.11. The fourth-order valence-corrected chi connectivity index (χ4v) is 2.46. The van der Waals surface area contributed by atoms with E-state index in [1.54, 1.807) is 0 Å². The highest BCUT2D eigenvalue weighted by Gasteiger charge is 2.14. The molecular formula is C17H37NO. The van der Waals surface area contributed by atoms with E-state index in [2.05, 4.69) is 25.7 Å². The van der Waals surface area contributed by atoms with Gasteiger partial charge in [0.05, 0.1) is 0 Å². The van der Waals surface area contributed by atoms with Gasteiger partial charge in [-0.05, 0) is 25.7 Å². The van der Waals surface area contributed by atoms with Gasteiger partial charge in [-0.3, -0.25) is 4.90 Å². The summed E-state index contributed by atoms with van der Waals surface area (Å²) in [5.74, 6) is 0. The molecule has 0 spiro atoms. The third-order valence-corrected chi connectivity index (χ3v) is 3.84. The SMILES string of the molecule is CCCCCCN(CCCCCC)C(O)CCCC. The van der Waals surface area contributed by atoms with Crippen LogP contribution in [0, 0.1) is 0 Å². The number of nitrogens with zero attached hydrogens (tertiary/aromatic N) is 1. The third kappa shape index (κ3) is 11.4. The molecule has 116 valence electrons. The van der Waals surface area contributed by atoms with Crippen molar-refractivity contribution in [2.24, 2.45) is 0 Å². The molecule has 1 N–H and O–H groups in total. The Morgan fingerprint density at radius 3 is 1.58 bits per heavy atom. The maximum Gasteiger partial charge on any atom is 0.107 e. The standard InChI is InChI=1S/C17H37NO/c1-4-7-10-12-15-18(16-13-11-8-5-2)17(19)14-9-6-3/h17,19H,4-16H2,1-3H3. The number of aliphatic hydroxyl groups excluding tert-OH is 1. The van der Waals surface area contributed by atoms with Crippen molar-refractivity contribution in [1.82, 2.24) is 4.90 Å². The largest absolute Gasteiger partial charge is 0.378 e. The fraction of sp³-hybridized carbons (Fsp3) is 1.00. The molecule has 1 unspecified atom stereocenters. The fourth-order valence-electron chi connectivity index (χ4n) is 2.46. The van der Waals surface area contributed by atoms with Gasteiger partial charge in [-0.25, -0.2) is 0 Å². The highest BCUT2D eigenvalue weighted by molar-refractivity contribution is 4.63. The Labute approximate surface area is 121 Å². The molecule has 0 bridgehead atoms. The van der Waals surface area contributed by atoms with Crippen LogP contribution in [0.1, 0.15) is 91.4 Å². The van der Waals surface area contributed by atoms with Crippen LogP contribution in [-0.4, -0.2) is 29.3 Å². The molecule has 0 aliphatic heterocycles. The number of hydrogen-bond donors (Lipinski definition) is 1. The zero-order valence-corrected chi connectivity index (χ0v) is 13.7. The Kier molecular flexibility index (Phi) is 14.3. The van der Waals surface area contributed by atoms with Gasteiger partial charge >= 0.3 is 0 Å². The molecular weight excluding hydrogens is 234 g/mol. The van der Waals surface area contributed by atoms with Gasteiger partial charge in [-0.15, -0.1) is 0 Å². The van der Waals surface area contributed by atoms with E-state index in [-0.39, 0.29) is 6.23 Å². The maximum atomic E-state index is 10.3. The Hall–Kier alpha value is -0.0800.